The maximum atomic E-state index is 6.19. The highest BCUT2D eigenvalue weighted by atomic mass is 14.9. The third-order valence-electron chi connectivity index (χ3n) is 3.05. The molecule has 0 aliphatic carbocycles. The Kier molecular flexibility index (Phi) is 3.27. The first kappa shape index (κ1) is 11.2. The zero-order valence-electron chi connectivity index (χ0n) is 9.69. The summed E-state index contributed by atoms with van der Waals surface area (Å²) in [6.07, 6.45) is 4.06. The molecule has 0 fully saturated rings. The van der Waals surface area contributed by atoms with Crippen molar-refractivity contribution in [2.45, 2.75) is 18.9 Å². The van der Waals surface area contributed by atoms with Crippen LogP contribution in [0.15, 0.2) is 30.5 Å². The average Bonchev–Trinajstić information content (AvgIpc) is 2.65. The molecule has 0 amide bonds. The standard InChI is InChI=1S/C13H19N3/c1-16-9-11(12(15)6-4-8-14)10-5-2-3-7-13(10)16/h2-3,5,7,9,12H,4,6,8,14-15H2,1H3. The van der Waals surface area contributed by atoms with E-state index in [1.165, 1.54) is 16.5 Å². The summed E-state index contributed by atoms with van der Waals surface area (Å²) >= 11 is 0. The first-order chi connectivity index (χ1) is 7.74. The van der Waals surface area contributed by atoms with Crippen molar-refractivity contribution < 1.29 is 0 Å². The van der Waals surface area contributed by atoms with Gasteiger partial charge in [-0.1, -0.05) is 18.2 Å². The van der Waals surface area contributed by atoms with Crippen molar-refractivity contribution in [3.05, 3.63) is 36.0 Å². The Bertz CT molecular complexity index is 473. The van der Waals surface area contributed by atoms with Gasteiger partial charge in [0.2, 0.25) is 0 Å². The lowest BCUT2D eigenvalue weighted by Crippen LogP contribution is -2.12. The Morgan fingerprint density at radius 1 is 1.31 bits per heavy atom. The predicted molar refractivity (Wildman–Crippen MR) is 68.1 cm³/mol. The highest BCUT2D eigenvalue weighted by molar-refractivity contribution is 5.84. The van der Waals surface area contributed by atoms with Crippen LogP contribution in [-0.2, 0) is 7.05 Å². The molecule has 0 radical (unpaired) electrons. The van der Waals surface area contributed by atoms with Gasteiger partial charge in [0.15, 0.2) is 0 Å². The van der Waals surface area contributed by atoms with E-state index in [2.05, 4.69) is 42.1 Å². The third-order valence-corrected chi connectivity index (χ3v) is 3.05. The summed E-state index contributed by atoms with van der Waals surface area (Å²) in [5.74, 6) is 0. The van der Waals surface area contributed by atoms with Gasteiger partial charge in [-0.15, -0.1) is 0 Å². The van der Waals surface area contributed by atoms with Crippen molar-refractivity contribution in [1.29, 1.82) is 0 Å². The number of benzene rings is 1. The molecule has 16 heavy (non-hydrogen) atoms. The second-order valence-electron chi connectivity index (χ2n) is 4.25. The van der Waals surface area contributed by atoms with Crippen LogP contribution in [0.25, 0.3) is 10.9 Å². The van der Waals surface area contributed by atoms with Crippen LogP contribution in [0, 0.1) is 0 Å². The highest BCUT2D eigenvalue weighted by Gasteiger charge is 2.12. The zero-order valence-corrected chi connectivity index (χ0v) is 9.69. The lowest BCUT2D eigenvalue weighted by molar-refractivity contribution is 0.620. The summed E-state index contributed by atoms with van der Waals surface area (Å²) in [4.78, 5) is 0. The molecular formula is C13H19N3. The zero-order chi connectivity index (χ0) is 11.5. The molecule has 1 atom stereocenters. The Balaban J connectivity index is 2.37. The smallest absolute Gasteiger partial charge is 0.0481 e. The maximum absolute atomic E-state index is 6.19. The molecule has 0 bridgehead atoms. The Morgan fingerprint density at radius 2 is 2.06 bits per heavy atom. The molecular weight excluding hydrogens is 198 g/mol. The molecule has 0 saturated heterocycles. The quantitative estimate of drug-likeness (QED) is 0.822. The van der Waals surface area contributed by atoms with Gasteiger partial charge in [-0.05, 0) is 31.0 Å². The van der Waals surface area contributed by atoms with Crippen molar-refractivity contribution >= 4 is 10.9 Å². The number of rotatable bonds is 4. The summed E-state index contributed by atoms with van der Waals surface area (Å²) in [7, 11) is 2.06. The largest absolute Gasteiger partial charge is 0.350 e. The first-order valence-corrected chi connectivity index (χ1v) is 5.73. The van der Waals surface area contributed by atoms with E-state index in [0.717, 1.165) is 12.8 Å². The third kappa shape index (κ3) is 1.96. The van der Waals surface area contributed by atoms with Gasteiger partial charge in [0.25, 0.3) is 0 Å². The van der Waals surface area contributed by atoms with Crippen LogP contribution >= 0.6 is 0 Å². The number of aryl methyl sites for hydroxylation is 1. The highest BCUT2D eigenvalue weighted by Crippen LogP contribution is 2.26. The van der Waals surface area contributed by atoms with Gasteiger partial charge >= 0.3 is 0 Å². The average molecular weight is 217 g/mol. The number of hydrogen-bond acceptors (Lipinski definition) is 2. The van der Waals surface area contributed by atoms with Crippen LogP contribution in [0.4, 0.5) is 0 Å². The summed E-state index contributed by atoms with van der Waals surface area (Å²) in [5, 5.41) is 1.26. The van der Waals surface area contributed by atoms with E-state index in [0.29, 0.717) is 6.54 Å². The molecule has 4 N–H and O–H groups in total. The number of nitrogens with two attached hydrogens (primary N) is 2. The van der Waals surface area contributed by atoms with Crippen LogP contribution in [0.3, 0.4) is 0 Å². The van der Waals surface area contributed by atoms with E-state index in [-0.39, 0.29) is 6.04 Å². The van der Waals surface area contributed by atoms with Gasteiger partial charge in [-0.2, -0.15) is 0 Å². The number of hydrogen-bond donors (Lipinski definition) is 2. The lowest BCUT2D eigenvalue weighted by Gasteiger charge is -2.09. The molecule has 0 aliphatic rings. The van der Waals surface area contributed by atoms with Gasteiger partial charge in [0, 0.05) is 30.2 Å². The van der Waals surface area contributed by atoms with E-state index in [9.17, 15) is 0 Å². The van der Waals surface area contributed by atoms with E-state index in [4.69, 9.17) is 11.5 Å². The fourth-order valence-electron chi connectivity index (χ4n) is 2.16. The summed E-state index contributed by atoms with van der Waals surface area (Å²) in [6.45, 7) is 0.707. The molecule has 1 unspecified atom stereocenters. The van der Waals surface area contributed by atoms with Crippen LogP contribution < -0.4 is 11.5 Å². The van der Waals surface area contributed by atoms with Gasteiger partial charge in [0.05, 0.1) is 0 Å². The van der Waals surface area contributed by atoms with Gasteiger partial charge in [0.1, 0.15) is 0 Å². The second-order valence-corrected chi connectivity index (χ2v) is 4.25. The second kappa shape index (κ2) is 4.68. The minimum atomic E-state index is 0.0923. The van der Waals surface area contributed by atoms with E-state index in [1.54, 1.807) is 0 Å². The number of aromatic nitrogens is 1. The van der Waals surface area contributed by atoms with Crippen molar-refractivity contribution in [2.24, 2.45) is 18.5 Å². The molecule has 0 saturated carbocycles. The van der Waals surface area contributed by atoms with Crippen LogP contribution in [0.1, 0.15) is 24.4 Å². The topological polar surface area (TPSA) is 57.0 Å². The summed E-state index contributed by atoms with van der Waals surface area (Å²) in [6, 6.07) is 8.45. The Hall–Kier alpha value is -1.32. The first-order valence-electron chi connectivity index (χ1n) is 5.73. The van der Waals surface area contributed by atoms with E-state index in [1.807, 2.05) is 0 Å². The van der Waals surface area contributed by atoms with Crippen molar-refractivity contribution in [3.63, 3.8) is 0 Å². The molecule has 1 heterocycles. The van der Waals surface area contributed by atoms with Gasteiger partial charge in [-0.3, -0.25) is 0 Å². The minimum Gasteiger partial charge on any atom is -0.350 e. The molecule has 2 rings (SSSR count). The van der Waals surface area contributed by atoms with Crippen LogP contribution in [-0.4, -0.2) is 11.1 Å². The molecule has 1 aromatic carbocycles. The summed E-state index contributed by atoms with van der Waals surface area (Å²) < 4.78 is 2.13. The maximum Gasteiger partial charge on any atom is 0.0481 e. The van der Waals surface area contributed by atoms with E-state index >= 15 is 0 Å². The number of para-hydroxylation sites is 1. The predicted octanol–water partition coefficient (Wildman–Crippen LogP) is 1.92. The fraction of sp³-hybridized carbons (Fsp3) is 0.385. The Labute approximate surface area is 96.0 Å². The molecule has 86 valence electrons. The molecule has 3 heteroatoms. The molecule has 3 nitrogen and oxygen atoms in total. The van der Waals surface area contributed by atoms with Crippen molar-refractivity contribution in [3.8, 4) is 0 Å². The number of nitrogens with zero attached hydrogens (tertiary/aromatic N) is 1. The monoisotopic (exact) mass is 217 g/mol. The van der Waals surface area contributed by atoms with Crippen LogP contribution in [0.2, 0.25) is 0 Å². The number of fused-ring (bicyclic) bond motifs is 1. The molecule has 1 aromatic heterocycles. The normalized spacial score (nSPS) is 13.2. The molecule has 0 aliphatic heterocycles. The van der Waals surface area contributed by atoms with Crippen LogP contribution in [0.5, 0.6) is 0 Å². The Morgan fingerprint density at radius 3 is 2.81 bits per heavy atom. The van der Waals surface area contributed by atoms with Gasteiger partial charge < -0.3 is 16.0 Å². The molecule has 2 aromatic rings. The van der Waals surface area contributed by atoms with Crippen molar-refractivity contribution in [1.82, 2.24) is 4.57 Å². The fourth-order valence-corrected chi connectivity index (χ4v) is 2.16. The van der Waals surface area contributed by atoms with Crippen molar-refractivity contribution in [2.75, 3.05) is 6.54 Å². The lowest BCUT2D eigenvalue weighted by atomic mass is 10.0. The summed E-state index contributed by atoms with van der Waals surface area (Å²) in [5.41, 5.74) is 14.2. The molecule has 0 spiro atoms. The van der Waals surface area contributed by atoms with E-state index < -0.39 is 0 Å². The SMILES string of the molecule is Cn1cc(C(N)CCCN)c2ccccc21. The van der Waals surface area contributed by atoms with Gasteiger partial charge in [-0.25, -0.2) is 0 Å². The minimum absolute atomic E-state index is 0.0923.